The highest BCUT2D eigenvalue weighted by molar-refractivity contribution is 5.41. The van der Waals surface area contributed by atoms with Gasteiger partial charge in [0.1, 0.15) is 5.75 Å². The molecule has 1 aromatic carbocycles. The number of piperidine rings is 1. The molecule has 0 saturated carbocycles. The van der Waals surface area contributed by atoms with Crippen LogP contribution in [0.2, 0.25) is 0 Å². The fourth-order valence-corrected chi connectivity index (χ4v) is 2.87. The Labute approximate surface area is 97.0 Å². The third kappa shape index (κ3) is 1.82. The second-order valence-electron chi connectivity index (χ2n) is 5.16. The van der Waals surface area contributed by atoms with E-state index in [9.17, 15) is 0 Å². The number of rotatable bonds is 1. The number of hydrogen-bond acceptors (Lipinski definition) is 2. The van der Waals surface area contributed by atoms with Crippen LogP contribution < -0.4 is 10.1 Å². The molecule has 2 heterocycles. The molecule has 0 aliphatic carbocycles. The van der Waals surface area contributed by atoms with Crippen molar-refractivity contribution in [2.75, 3.05) is 19.7 Å². The zero-order valence-electron chi connectivity index (χ0n) is 9.83. The van der Waals surface area contributed by atoms with Crippen molar-refractivity contribution in [1.82, 2.24) is 5.32 Å². The van der Waals surface area contributed by atoms with Crippen LogP contribution in [0.15, 0.2) is 18.2 Å². The largest absolute Gasteiger partial charge is 0.493 e. The smallest absolute Gasteiger partial charge is 0.122 e. The van der Waals surface area contributed by atoms with Crippen LogP contribution in [0, 0.1) is 5.92 Å². The Morgan fingerprint density at radius 2 is 2.25 bits per heavy atom. The summed E-state index contributed by atoms with van der Waals surface area (Å²) in [5.41, 5.74) is 2.89. The number of nitrogens with one attached hydrogen (secondary N) is 1. The maximum Gasteiger partial charge on any atom is 0.122 e. The summed E-state index contributed by atoms with van der Waals surface area (Å²) in [6.45, 7) is 5.49. The molecule has 2 unspecified atom stereocenters. The molecule has 0 bridgehead atoms. The monoisotopic (exact) mass is 217 g/mol. The van der Waals surface area contributed by atoms with E-state index in [0.717, 1.165) is 31.2 Å². The minimum atomic E-state index is 0.689. The van der Waals surface area contributed by atoms with Crippen LogP contribution >= 0.6 is 0 Å². The fraction of sp³-hybridized carbons (Fsp3) is 0.571. The average molecular weight is 217 g/mol. The number of benzene rings is 1. The first-order chi connectivity index (χ1) is 7.83. The summed E-state index contributed by atoms with van der Waals surface area (Å²) in [5, 5.41) is 3.52. The summed E-state index contributed by atoms with van der Waals surface area (Å²) >= 11 is 0. The van der Waals surface area contributed by atoms with Crippen molar-refractivity contribution in [3.05, 3.63) is 29.3 Å². The van der Waals surface area contributed by atoms with E-state index in [4.69, 9.17) is 4.74 Å². The van der Waals surface area contributed by atoms with Gasteiger partial charge in [-0.3, -0.25) is 0 Å². The van der Waals surface area contributed by atoms with Crippen molar-refractivity contribution in [2.45, 2.75) is 25.7 Å². The van der Waals surface area contributed by atoms with E-state index in [1.165, 1.54) is 24.1 Å². The molecule has 16 heavy (non-hydrogen) atoms. The average Bonchev–Trinajstić information content (AvgIpc) is 2.75. The van der Waals surface area contributed by atoms with Gasteiger partial charge in [0.05, 0.1) is 6.61 Å². The molecule has 2 aliphatic rings. The van der Waals surface area contributed by atoms with Crippen molar-refractivity contribution in [2.24, 2.45) is 5.92 Å². The minimum absolute atomic E-state index is 0.689. The molecule has 2 atom stereocenters. The summed E-state index contributed by atoms with van der Waals surface area (Å²) in [6.07, 6.45) is 2.39. The Morgan fingerprint density at radius 1 is 1.31 bits per heavy atom. The topological polar surface area (TPSA) is 21.3 Å². The molecule has 0 amide bonds. The van der Waals surface area contributed by atoms with Crippen molar-refractivity contribution in [3.63, 3.8) is 0 Å². The van der Waals surface area contributed by atoms with E-state index in [-0.39, 0.29) is 0 Å². The molecule has 2 aliphatic heterocycles. The maximum atomic E-state index is 5.55. The van der Waals surface area contributed by atoms with Gasteiger partial charge in [0.25, 0.3) is 0 Å². The van der Waals surface area contributed by atoms with E-state index in [1.807, 2.05) is 0 Å². The standard InChI is InChI=1S/C14H19NO/c1-10-6-13(9-15-8-10)11-2-3-14-12(7-11)4-5-16-14/h2-3,7,10,13,15H,4-6,8-9H2,1H3. The summed E-state index contributed by atoms with van der Waals surface area (Å²) in [5.74, 6) is 2.58. The quantitative estimate of drug-likeness (QED) is 0.779. The third-order valence-corrected chi connectivity index (χ3v) is 3.76. The van der Waals surface area contributed by atoms with Gasteiger partial charge >= 0.3 is 0 Å². The molecule has 3 rings (SSSR count). The maximum absolute atomic E-state index is 5.55. The van der Waals surface area contributed by atoms with Crippen LogP contribution in [0.4, 0.5) is 0 Å². The normalized spacial score (nSPS) is 28.6. The fourth-order valence-electron chi connectivity index (χ4n) is 2.87. The zero-order chi connectivity index (χ0) is 11.0. The lowest BCUT2D eigenvalue weighted by atomic mass is 9.86. The van der Waals surface area contributed by atoms with E-state index < -0.39 is 0 Å². The summed E-state index contributed by atoms with van der Waals surface area (Å²) in [6, 6.07) is 6.75. The highest BCUT2D eigenvalue weighted by Crippen LogP contribution is 2.32. The molecular formula is C14H19NO. The molecule has 0 aromatic heterocycles. The van der Waals surface area contributed by atoms with Gasteiger partial charge in [0, 0.05) is 13.0 Å². The first kappa shape index (κ1) is 10.2. The lowest BCUT2D eigenvalue weighted by Gasteiger charge is -2.28. The van der Waals surface area contributed by atoms with Crippen molar-refractivity contribution < 1.29 is 4.74 Å². The van der Waals surface area contributed by atoms with Gasteiger partial charge in [0.2, 0.25) is 0 Å². The molecule has 2 nitrogen and oxygen atoms in total. The van der Waals surface area contributed by atoms with Gasteiger partial charge in [-0.2, -0.15) is 0 Å². The van der Waals surface area contributed by atoms with Crippen molar-refractivity contribution in [1.29, 1.82) is 0 Å². The van der Waals surface area contributed by atoms with Gasteiger partial charge in [-0.15, -0.1) is 0 Å². The second-order valence-corrected chi connectivity index (χ2v) is 5.16. The molecule has 1 aromatic rings. The lowest BCUT2D eigenvalue weighted by molar-refractivity contribution is 0.356. The van der Waals surface area contributed by atoms with Gasteiger partial charge < -0.3 is 10.1 Å². The van der Waals surface area contributed by atoms with Gasteiger partial charge in [-0.05, 0) is 42.0 Å². The van der Waals surface area contributed by atoms with Crippen LogP contribution in [0.5, 0.6) is 5.75 Å². The molecule has 0 spiro atoms. The van der Waals surface area contributed by atoms with E-state index in [0.29, 0.717) is 5.92 Å². The van der Waals surface area contributed by atoms with Crippen molar-refractivity contribution in [3.8, 4) is 5.75 Å². The first-order valence-corrected chi connectivity index (χ1v) is 6.29. The highest BCUT2D eigenvalue weighted by Gasteiger charge is 2.21. The predicted molar refractivity (Wildman–Crippen MR) is 65.0 cm³/mol. The van der Waals surface area contributed by atoms with Gasteiger partial charge in [-0.1, -0.05) is 19.1 Å². The Hall–Kier alpha value is -1.02. The molecule has 2 heteroatoms. The molecule has 1 fully saturated rings. The molecule has 1 saturated heterocycles. The number of fused-ring (bicyclic) bond motifs is 1. The van der Waals surface area contributed by atoms with Crippen LogP contribution in [0.3, 0.4) is 0 Å². The predicted octanol–water partition coefficient (Wildman–Crippen LogP) is 2.33. The Morgan fingerprint density at radius 3 is 3.12 bits per heavy atom. The highest BCUT2D eigenvalue weighted by atomic mass is 16.5. The van der Waals surface area contributed by atoms with Crippen LogP contribution in [0.25, 0.3) is 0 Å². The van der Waals surface area contributed by atoms with Crippen LogP contribution in [-0.2, 0) is 6.42 Å². The molecule has 1 N–H and O–H groups in total. The Kier molecular flexibility index (Phi) is 2.60. The third-order valence-electron chi connectivity index (χ3n) is 3.76. The molecular weight excluding hydrogens is 198 g/mol. The van der Waals surface area contributed by atoms with Crippen molar-refractivity contribution >= 4 is 0 Å². The number of hydrogen-bond donors (Lipinski definition) is 1. The summed E-state index contributed by atoms with van der Waals surface area (Å²) in [4.78, 5) is 0. The Balaban J connectivity index is 1.83. The van der Waals surface area contributed by atoms with E-state index in [1.54, 1.807) is 0 Å². The Bertz CT molecular complexity index is 388. The number of ether oxygens (including phenoxy) is 1. The van der Waals surface area contributed by atoms with Crippen LogP contribution in [-0.4, -0.2) is 19.7 Å². The SMILES string of the molecule is CC1CNCC(c2ccc3c(c2)CCO3)C1. The second kappa shape index (κ2) is 4.10. The summed E-state index contributed by atoms with van der Waals surface area (Å²) < 4.78 is 5.55. The summed E-state index contributed by atoms with van der Waals surface area (Å²) in [7, 11) is 0. The first-order valence-electron chi connectivity index (χ1n) is 6.29. The lowest BCUT2D eigenvalue weighted by Crippen LogP contribution is -2.33. The zero-order valence-corrected chi connectivity index (χ0v) is 9.83. The van der Waals surface area contributed by atoms with Crippen LogP contribution in [0.1, 0.15) is 30.4 Å². The van der Waals surface area contributed by atoms with E-state index in [2.05, 4.69) is 30.4 Å². The minimum Gasteiger partial charge on any atom is -0.493 e. The molecule has 86 valence electrons. The van der Waals surface area contributed by atoms with Gasteiger partial charge in [0.15, 0.2) is 0 Å². The van der Waals surface area contributed by atoms with E-state index >= 15 is 0 Å². The van der Waals surface area contributed by atoms with Gasteiger partial charge in [-0.25, -0.2) is 0 Å². The molecule has 0 radical (unpaired) electrons.